The fourth-order valence-corrected chi connectivity index (χ4v) is 3.42. The van der Waals surface area contributed by atoms with Gasteiger partial charge in [0.15, 0.2) is 11.5 Å². The Morgan fingerprint density at radius 3 is 2.48 bits per heavy atom. The van der Waals surface area contributed by atoms with E-state index in [0.29, 0.717) is 23.8 Å². The van der Waals surface area contributed by atoms with Crippen molar-refractivity contribution < 1.29 is 19.0 Å². The first-order valence-electron chi connectivity index (χ1n) is 9.05. The van der Waals surface area contributed by atoms with Crippen LogP contribution in [0.25, 0.3) is 0 Å². The number of anilines is 1. The summed E-state index contributed by atoms with van der Waals surface area (Å²) >= 11 is 0. The molecule has 144 valence electrons. The molecule has 0 aromatic heterocycles. The number of hydrogen-bond acceptors (Lipinski definition) is 5. The Hall–Kier alpha value is -2.73. The van der Waals surface area contributed by atoms with Crippen molar-refractivity contribution >= 4 is 11.6 Å². The zero-order chi connectivity index (χ0) is 19.2. The van der Waals surface area contributed by atoms with Crippen LogP contribution in [-0.2, 0) is 17.8 Å². The lowest BCUT2D eigenvalue weighted by Gasteiger charge is -2.29. The number of amides is 1. The maximum absolute atomic E-state index is 12.7. The molecule has 2 aromatic rings. The molecular formula is C21H26N2O4. The Kier molecular flexibility index (Phi) is 6.19. The van der Waals surface area contributed by atoms with Gasteiger partial charge in [-0.2, -0.15) is 0 Å². The number of benzene rings is 2. The molecule has 1 aliphatic rings. The predicted octanol–water partition coefficient (Wildman–Crippen LogP) is 2.78. The molecule has 2 aromatic carbocycles. The zero-order valence-corrected chi connectivity index (χ0v) is 16.1. The number of carbonyl (C=O) groups is 1. The monoisotopic (exact) mass is 370 g/mol. The standard InChI is InChI=1S/C21H26N2O4/c1-25-18-12-20(27-3)19(26-2)11-16(18)13-22-14-21(24)23-10-6-8-15-7-4-5-9-17(15)23/h4-5,7,9,11-12,22H,6,8,10,13-14H2,1-3H3. The summed E-state index contributed by atoms with van der Waals surface area (Å²) < 4.78 is 16.1. The molecule has 0 unspecified atom stereocenters. The van der Waals surface area contributed by atoms with Crippen molar-refractivity contribution in [2.75, 3.05) is 39.3 Å². The number of ether oxygens (including phenoxy) is 3. The van der Waals surface area contributed by atoms with Gasteiger partial charge in [0.05, 0.1) is 27.9 Å². The Morgan fingerprint density at radius 2 is 1.74 bits per heavy atom. The predicted molar refractivity (Wildman–Crippen MR) is 105 cm³/mol. The molecule has 0 aliphatic carbocycles. The molecule has 1 heterocycles. The molecule has 1 N–H and O–H groups in total. The number of nitrogens with zero attached hydrogens (tertiary/aromatic N) is 1. The second-order valence-corrected chi connectivity index (χ2v) is 6.40. The van der Waals surface area contributed by atoms with Crippen LogP contribution < -0.4 is 24.4 Å². The SMILES string of the molecule is COc1cc(OC)c(OC)cc1CNCC(=O)N1CCCc2ccccc21. The first-order valence-corrected chi connectivity index (χ1v) is 9.05. The van der Waals surface area contributed by atoms with E-state index in [0.717, 1.165) is 30.6 Å². The van der Waals surface area contributed by atoms with Crippen molar-refractivity contribution in [1.29, 1.82) is 0 Å². The summed E-state index contributed by atoms with van der Waals surface area (Å²) in [5.41, 5.74) is 3.17. The van der Waals surface area contributed by atoms with Crippen molar-refractivity contribution in [2.45, 2.75) is 19.4 Å². The molecule has 1 aliphatic heterocycles. The number of para-hydroxylation sites is 1. The topological polar surface area (TPSA) is 60.0 Å². The fraction of sp³-hybridized carbons (Fsp3) is 0.381. The van der Waals surface area contributed by atoms with E-state index >= 15 is 0 Å². The van der Waals surface area contributed by atoms with Gasteiger partial charge in [0.2, 0.25) is 5.91 Å². The third-order valence-corrected chi connectivity index (χ3v) is 4.79. The van der Waals surface area contributed by atoms with Crippen molar-refractivity contribution in [3.63, 3.8) is 0 Å². The highest BCUT2D eigenvalue weighted by Gasteiger charge is 2.21. The molecule has 1 amide bonds. The third kappa shape index (κ3) is 4.17. The second-order valence-electron chi connectivity index (χ2n) is 6.40. The maximum Gasteiger partial charge on any atom is 0.240 e. The van der Waals surface area contributed by atoms with E-state index in [1.807, 2.05) is 29.2 Å². The van der Waals surface area contributed by atoms with E-state index in [4.69, 9.17) is 14.2 Å². The van der Waals surface area contributed by atoms with Crippen molar-refractivity contribution in [3.05, 3.63) is 47.5 Å². The molecule has 0 saturated heterocycles. The van der Waals surface area contributed by atoms with Gasteiger partial charge in [-0.15, -0.1) is 0 Å². The lowest BCUT2D eigenvalue weighted by molar-refractivity contribution is -0.117. The minimum Gasteiger partial charge on any atom is -0.496 e. The summed E-state index contributed by atoms with van der Waals surface area (Å²) in [4.78, 5) is 14.6. The fourth-order valence-electron chi connectivity index (χ4n) is 3.42. The van der Waals surface area contributed by atoms with E-state index < -0.39 is 0 Å². The minimum absolute atomic E-state index is 0.0709. The summed E-state index contributed by atoms with van der Waals surface area (Å²) in [6.07, 6.45) is 2.02. The minimum atomic E-state index is 0.0709. The third-order valence-electron chi connectivity index (χ3n) is 4.79. The number of carbonyl (C=O) groups excluding carboxylic acids is 1. The van der Waals surface area contributed by atoms with Crippen molar-refractivity contribution in [1.82, 2.24) is 5.32 Å². The maximum atomic E-state index is 12.7. The first kappa shape index (κ1) is 19.0. The molecule has 6 heteroatoms. The van der Waals surface area contributed by atoms with E-state index in [9.17, 15) is 4.79 Å². The van der Waals surface area contributed by atoms with Crippen molar-refractivity contribution in [2.24, 2.45) is 0 Å². The van der Waals surface area contributed by atoms with Crippen LogP contribution in [0.3, 0.4) is 0 Å². The van der Waals surface area contributed by atoms with E-state index in [1.165, 1.54) is 5.56 Å². The molecule has 0 bridgehead atoms. The van der Waals surface area contributed by atoms with Crippen LogP contribution in [0, 0.1) is 0 Å². The molecule has 0 spiro atoms. The van der Waals surface area contributed by atoms with Crippen LogP contribution in [0.4, 0.5) is 5.69 Å². The Balaban J connectivity index is 1.66. The van der Waals surface area contributed by atoms with Gasteiger partial charge < -0.3 is 24.4 Å². The molecule has 0 fully saturated rings. The van der Waals surface area contributed by atoms with Crippen LogP contribution in [0.5, 0.6) is 17.2 Å². The van der Waals surface area contributed by atoms with Gasteiger partial charge in [0.1, 0.15) is 5.75 Å². The van der Waals surface area contributed by atoms with Gasteiger partial charge in [-0.1, -0.05) is 18.2 Å². The second kappa shape index (κ2) is 8.77. The van der Waals surface area contributed by atoms with Gasteiger partial charge >= 0.3 is 0 Å². The molecule has 3 rings (SSSR count). The van der Waals surface area contributed by atoms with Crippen LogP contribution in [0.15, 0.2) is 36.4 Å². The summed E-state index contributed by atoms with van der Waals surface area (Å²) in [6.45, 7) is 1.51. The average Bonchev–Trinajstić information content (AvgIpc) is 2.72. The summed E-state index contributed by atoms with van der Waals surface area (Å²) in [6, 6.07) is 11.8. The number of methoxy groups -OCH3 is 3. The largest absolute Gasteiger partial charge is 0.496 e. The van der Waals surface area contributed by atoms with Gasteiger partial charge in [-0.3, -0.25) is 4.79 Å². The molecular weight excluding hydrogens is 344 g/mol. The van der Waals surface area contributed by atoms with Gasteiger partial charge in [-0.25, -0.2) is 0 Å². The smallest absolute Gasteiger partial charge is 0.240 e. The number of rotatable bonds is 7. The molecule has 0 saturated carbocycles. The number of nitrogens with one attached hydrogen (secondary N) is 1. The first-order chi connectivity index (χ1) is 13.2. The zero-order valence-electron chi connectivity index (χ0n) is 16.1. The van der Waals surface area contributed by atoms with E-state index in [-0.39, 0.29) is 12.5 Å². The van der Waals surface area contributed by atoms with Crippen molar-refractivity contribution in [3.8, 4) is 17.2 Å². The Bertz CT molecular complexity index is 807. The van der Waals surface area contributed by atoms with Crippen LogP contribution >= 0.6 is 0 Å². The summed E-state index contributed by atoms with van der Waals surface area (Å²) in [5, 5.41) is 3.23. The van der Waals surface area contributed by atoms with Crippen LogP contribution in [-0.4, -0.2) is 40.3 Å². The lowest BCUT2D eigenvalue weighted by atomic mass is 10.0. The molecule has 0 radical (unpaired) electrons. The molecule has 27 heavy (non-hydrogen) atoms. The number of hydrogen-bond donors (Lipinski definition) is 1. The van der Waals surface area contributed by atoms with Gasteiger partial charge in [-0.05, 0) is 30.5 Å². The Labute approximate surface area is 160 Å². The highest BCUT2D eigenvalue weighted by atomic mass is 16.5. The van der Waals surface area contributed by atoms with E-state index in [2.05, 4.69) is 11.4 Å². The van der Waals surface area contributed by atoms with Gasteiger partial charge in [0, 0.05) is 30.4 Å². The highest BCUT2D eigenvalue weighted by Crippen LogP contribution is 2.34. The Morgan fingerprint density at radius 1 is 1.04 bits per heavy atom. The molecule has 0 atom stereocenters. The van der Waals surface area contributed by atoms with Crippen LogP contribution in [0.2, 0.25) is 0 Å². The highest BCUT2D eigenvalue weighted by molar-refractivity contribution is 5.95. The number of aryl methyl sites for hydroxylation is 1. The number of fused-ring (bicyclic) bond motifs is 1. The quantitative estimate of drug-likeness (QED) is 0.812. The van der Waals surface area contributed by atoms with E-state index in [1.54, 1.807) is 27.4 Å². The van der Waals surface area contributed by atoms with Gasteiger partial charge in [0.25, 0.3) is 0 Å². The average molecular weight is 370 g/mol. The summed E-state index contributed by atoms with van der Waals surface area (Å²) in [5.74, 6) is 2.00. The lowest BCUT2D eigenvalue weighted by Crippen LogP contribution is -2.41. The molecule has 6 nitrogen and oxygen atoms in total. The normalized spacial score (nSPS) is 13.1. The summed E-state index contributed by atoms with van der Waals surface area (Å²) in [7, 11) is 4.80. The van der Waals surface area contributed by atoms with Crippen LogP contribution in [0.1, 0.15) is 17.5 Å².